The first kappa shape index (κ1) is 20.7. The Kier molecular flexibility index (Phi) is 6.62. The van der Waals surface area contributed by atoms with Crippen LogP contribution in [0.1, 0.15) is 23.1 Å². The summed E-state index contributed by atoms with van der Waals surface area (Å²) in [5.41, 5.74) is 4.24. The molecule has 3 aromatic rings. The number of carbonyl (C=O) groups excluding carboxylic acids is 1. The van der Waals surface area contributed by atoms with Crippen LogP contribution in [0.4, 0.5) is 0 Å². The zero-order chi connectivity index (χ0) is 21.5. The van der Waals surface area contributed by atoms with Crippen molar-refractivity contribution in [3.05, 3.63) is 102 Å². The van der Waals surface area contributed by atoms with E-state index in [1.165, 1.54) is 5.56 Å². The molecule has 0 bridgehead atoms. The van der Waals surface area contributed by atoms with Gasteiger partial charge >= 0.3 is 0 Å². The molecule has 1 aliphatic heterocycles. The van der Waals surface area contributed by atoms with E-state index in [2.05, 4.69) is 36.3 Å². The zero-order valence-corrected chi connectivity index (χ0v) is 17.6. The molecule has 0 N–H and O–H groups in total. The van der Waals surface area contributed by atoms with Crippen LogP contribution in [0.2, 0.25) is 0 Å². The Morgan fingerprint density at radius 3 is 2.39 bits per heavy atom. The summed E-state index contributed by atoms with van der Waals surface area (Å²) in [4.78, 5) is 20.5. The molecule has 1 atom stereocenters. The molecule has 3 aromatic carbocycles. The normalized spacial score (nSPS) is 15.1. The molecule has 31 heavy (non-hydrogen) atoms. The van der Waals surface area contributed by atoms with Gasteiger partial charge in [0.2, 0.25) is 0 Å². The predicted octanol–water partition coefficient (Wildman–Crippen LogP) is 4.60. The molecule has 5 heteroatoms. The van der Waals surface area contributed by atoms with E-state index in [4.69, 9.17) is 9.57 Å². The summed E-state index contributed by atoms with van der Waals surface area (Å²) in [7, 11) is 0. The van der Waals surface area contributed by atoms with Crippen molar-refractivity contribution in [1.82, 2.24) is 4.90 Å². The number of carbonyl (C=O) groups is 1. The number of benzene rings is 3. The van der Waals surface area contributed by atoms with Gasteiger partial charge in [0.1, 0.15) is 5.75 Å². The van der Waals surface area contributed by atoms with Gasteiger partial charge in [0.25, 0.3) is 5.91 Å². The van der Waals surface area contributed by atoms with Crippen LogP contribution in [0.5, 0.6) is 5.75 Å². The van der Waals surface area contributed by atoms with E-state index < -0.39 is 0 Å². The van der Waals surface area contributed by atoms with Gasteiger partial charge in [-0.3, -0.25) is 4.79 Å². The number of aryl methyl sites for hydroxylation is 1. The quantitative estimate of drug-likeness (QED) is 0.541. The van der Waals surface area contributed by atoms with Gasteiger partial charge in [-0.05, 0) is 30.2 Å². The van der Waals surface area contributed by atoms with E-state index in [9.17, 15) is 4.79 Å². The van der Waals surface area contributed by atoms with E-state index in [1.54, 1.807) is 4.90 Å². The average molecular weight is 415 g/mol. The van der Waals surface area contributed by atoms with Gasteiger partial charge in [-0.1, -0.05) is 83.5 Å². The van der Waals surface area contributed by atoms with E-state index in [-0.39, 0.29) is 18.6 Å². The Morgan fingerprint density at radius 1 is 1.00 bits per heavy atom. The van der Waals surface area contributed by atoms with Crippen LogP contribution in [0.15, 0.2) is 90.1 Å². The first-order valence-electron chi connectivity index (χ1n) is 10.5. The van der Waals surface area contributed by atoms with E-state index >= 15 is 0 Å². The third kappa shape index (κ3) is 5.72. The van der Waals surface area contributed by atoms with Crippen LogP contribution in [0.3, 0.4) is 0 Å². The summed E-state index contributed by atoms with van der Waals surface area (Å²) < 4.78 is 5.69. The molecule has 1 amide bonds. The lowest BCUT2D eigenvalue weighted by Crippen LogP contribution is -2.39. The molecular formula is C26H26N2O3. The topological polar surface area (TPSA) is 51.1 Å². The van der Waals surface area contributed by atoms with Crippen molar-refractivity contribution in [3.8, 4) is 5.75 Å². The fourth-order valence-corrected chi connectivity index (χ4v) is 3.50. The van der Waals surface area contributed by atoms with Crippen LogP contribution in [0.25, 0.3) is 0 Å². The maximum Gasteiger partial charge on any atom is 0.260 e. The fraction of sp³-hybridized carbons (Fsp3) is 0.231. The van der Waals surface area contributed by atoms with Crippen molar-refractivity contribution in [2.45, 2.75) is 26.0 Å². The molecule has 0 spiro atoms. The number of nitrogens with zero attached hydrogens (tertiary/aromatic N) is 2. The highest BCUT2D eigenvalue weighted by molar-refractivity contribution is 6.01. The second-order valence-electron chi connectivity index (χ2n) is 7.70. The summed E-state index contributed by atoms with van der Waals surface area (Å²) in [6, 6.07) is 27.6. The van der Waals surface area contributed by atoms with Gasteiger partial charge in [0.15, 0.2) is 12.7 Å². The maximum atomic E-state index is 13.0. The summed E-state index contributed by atoms with van der Waals surface area (Å²) in [5, 5.41) is 4.28. The van der Waals surface area contributed by atoms with E-state index in [0.29, 0.717) is 25.3 Å². The molecule has 0 saturated heterocycles. The van der Waals surface area contributed by atoms with Crippen LogP contribution in [-0.4, -0.2) is 35.8 Å². The Bertz CT molecular complexity index is 1020. The van der Waals surface area contributed by atoms with Gasteiger partial charge in [-0.25, -0.2) is 0 Å². The zero-order valence-electron chi connectivity index (χ0n) is 17.6. The van der Waals surface area contributed by atoms with Gasteiger partial charge in [-0.15, -0.1) is 0 Å². The van der Waals surface area contributed by atoms with Crippen LogP contribution in [0, 0.1) is 6.92 Å². The highest BCUT2D eigenvalue weighted by atomic mass is 16.6. The van der Waals surface area contributed by atoms with Crippen LogP contribution in [-0.2, 0) is 16.2 Å². The number of hydrogen-bond acceptors (Lipinski definition) is 4. The summed E-state index contributed by atoms with van der Waals surface area (Å²) in [5.74, 6) is 0.595. The molecule has 158 valence electrons. The lowest BCUT2D eigenvalue weighted by Gasteiger charge is -2.25. The van der Waals surface area contributed by atoms with Gasteiger partial charge < -0.3 is 14.5 Å². The second kappa shape index (κ2) is 9.94. The van der Waals surface area contributed by atoms with Crippen molar-refractivity contribution in [2.75, 3.05) is 13.2 Å². The molecule has 4 rings (SSSR count). The molecule has 0 aliphatic carbocycles. The van der Waals surface area contributed by atoms with Crippen molar-refractivity contribution in [1.29, 1.82) is 0 Å². The van der Waals surface area contributed by atoms with Crippen LogP contribution < -0.4 is 4.74 Å². The van der Waals surface area contributed by atoms with Crippen molar-refractivity contribution in [2.24, 2.45) is 5.16 Å². The third-order valence-electron chi connectivity index (χ3n) is 5.22. The molecule has 0 aromatic heterocycles. The molecular weight excluding hydrogens is 388 g/mol. The summed E-state index contributed by atoms with van der Waals surface area (Å²) in [6.45, 7) is 2.99. The Labute approximate surface area is 182 Å². The highest BCUT2D eigenvalue weighted by Gasteiger charge is 2.27. The molecule has 0 fully saturated rings. The smallest absolute Gasteiger partial charge is 0.260 e. The lowest BCUT2D eigenvalue weighted by molar-refractivity contribution is -0.135. The minimum atomic E-state index is -0.180. The predicted molar refractivity (Wildman–Crippen MR) is 121 cm³/mol. The van der Waals surface area contributed by atoms with Gasteiger partial charge in [0, 0.05) is 13.0 Å². The minimum absolute atomic E-state index is 0.0186. The monoisotopic (exact) mass is 414 g/mol. The number of rotatable bonds is 8. The third-order valence-corrected chi connectivity index (χ3v) is 5.22. The standard InChI is InChI=1S/C26H26N2O3/c1-20-12-14-22(15-13-20)25-16-24(31-27-25)18-28(17-21-8-4-2-5-9-21)26(29)19-30-23-10-6-3-7-11-23/h2-15,24H,16-19H2,1H3/t24-/m1/s1. The molecule has 1 heterocycles. The minimum Gasteiger partial charge on any atom is -0.484 e. The largest absolute Gasteiger partial charge is 0.484 e. The summed E-state index contributed by atoms with van der Waals surface area (Å²) >= 11 is 0. The Hall–Kier alpha value is -3.60. The summed E-state index contributed by atoms with van der Waals surface area (Å²) in [6.07, 6.45) is 0.488. The van der Waals surface area contributed by atoms with Crippen molar-refractivity contribution in [3.63, 3.8) is 0 Å². The van der Waals surface area contributed by atoms with Crippen LogP contribution >= 0.6 is 0 Å². The Morgan fingerprint density at radius 2 is 1.68 bits per heavy atom. The SMILES string of the molecule is Cc1ccc(C2=NO[C@@H](CN(Cc3ccccc3)C(=O)COc3ccccc3)C2)cc1. The van der Waals surface area contributed by atoms with E-state index in [1.807, 2.05) is 60.7 Å². The number of para-hydroxylation sites is 1. The number of hydrogen-bond donors (Lipinski definition) is 0. The van der Waals surface area contributed by atoms with Crippen molar-refractivity contribution < 1.29 is 14.4 Å². The first-order valence-corrected chi connectivity index (χ1v) is 10.5. The van der Waals surface area contributed by atoms with Crippen molar-refractivity contribution >= 4 is 11.6 Å². The number of ether oxygens (including phenoxy) is 1. The molecule has 0 unspecified atom stereocenters. The van der Waals surface area contributed by atoms with Gasteiger partial charge in [-0.2, -0.15) is 0 Å². The highest BCUT2D eigenvalue weighted by Crippen LogP contribution is 2.19. The maximum absolute atomic E-state index is 13.0. The lowest BCUT2D eigenvalue weighted by atomic mass is 10.0. The average Bonchev–Trinajstić information content (AvgIpc) is 3.27. The fourth-order valence-electron chi connectivity index (χ4n) is 3.50. The second-order valence-corrected chi connectivity index (χ2v) is 7.70. The number of oxime groups is 1. The Balaban J connectivity index is 1.40. The van der Waals surface area contributed by atoms with E-state index in [0.717, 1.165) is 16.8 Å². The first-order chi connectivity index (χ1) is 15.2. The molecule has 5 nitrogen and oxygen atoms in total. The van der Waals surface area contributed by atoms with Gasteiger partial charge in [0.05, 0.1) is 12.3 Å². The molecule has 1 aliphatic rings. The molecule has 0 saturated carbocycles. The number of amides is 1. The molecule has 0 radical (unpaired) electrons.